The van der Waals surface area contributed by atoms with Gasteiger partial charge in [0.1, 0.15) is 12.2 Å². The molecule has 21 heavy (non-hydrogen) atoms. The van der Waals surface area contributed by atoms with E-state index >= 15 is 0 Å². The summed E-state index contributed by atoms with van der Waals surface area (Å²) in [7, 11) is 6.38. The normalized spacial score (nSPS) is 22.9. The average Bonchev–Trinajstić information content (AvgIpc) is 2.37. The summed E-state index contributed by atoms with van der Waals surface area (Å²) in [5.74, 6) is 0. The molecule has 3 atom stereocenters. The quantitative estimate of drug-likeness (QED) is 0.793. The maximum atomic E-state index is 11.6. The summed E-state index contributed by atoms with van der Waals surface area (Å²) in [5, 5.41) is 9.73. The number of hydrogen-bond acceptors (Lipinski definition) is 5. The van der Waals surface area contributed by atoms with E-state index in [2.05, 4.69) is 0 Å². The highest BCUT2D eigenvalue weighted by Gasteiger charge is 2.29. The number of amides is 2. The van der Waals surface area contributed by atoms with E-state index in [0.717, 1.165) is 0 Å². The van der Waals surface area contributed by atoms with Gasteiger partial charge in [0.2, 0.25) is 0 Å². The fraction of sp³-hybridized carbons (Fsp3) is 0.714. The number of ether oxygens (including phenoxy) is 2. The SMILES string of the molecule is CC(O)C1=CC(OC(=O)N(C)C)CC(OC(=O)N(C)C)C1. The second-order valence-corrected chi connectivity index (χ2v) is 5.57. The first-order chi connectivity index (χ1) is 9.70. The van der Waals surface area contributed by atoms with E-state index in [1.807, 2.05) is 0 Å². The average molecular weight is 300 g/mol. The van der Waals surface area contributed by atoms with Crippen LogP contribution in [0.4, 0.5) is 9.59 Å². The van der Waals surface area contributed by atoms with Crippen molar-refractivity contribution in [3.05, 3.63) is 11.6 Å². The number of hydrogen-bond donors (Lipinski definition) is 1. The number of rotatable bonds is 3. The van der Waals surface area contributed by atoms with Gasteiger partial charge in [-0.05, 0) is 18.6 Å². The van der Waals surface area contributed by atoms with Crippen LogP contribution in [0, 0.1) is 0 Å². The van der Waals surface area contributed by atoms with Crippen LogP contribution >= 0.6 is 0 Å². The number of aliphatic hydroxyl groups is 1. The molecule has 0 aromatic rings. The fourth-order valence-electron chi connectivity index (χ4n) is 1.94. The van der Waals surface area contributed by atoms with Crippen LogP contribution in [0.15, 0.2) is 11.6 Å². The minimum Gasteiger partial charge on any atom is -0.446 e. The Morgan fingerprint density at radius 3 is 2.19 bits per heavy atom. The third-order valence-electron chi connectivity index (χ3n) is 3.15. The van der Waals surface area contributed by atoms with Crippen LogP contribution in [-0.2, 0) is 9.47 Å². The van der Waals surface area contributed by atoms with E-state index in [1.165, 1.54) is 9.80 Å². The van der Waals surface area contributed by atoms with Gasteiger partial charge in [-0.25, -0.2) is 9.59 Å². The van der Waals surface area contributed by atoms with Crippen molar-refractivity contribution in [2.75, 3.05) is 28.2 Å². The maximum absolute atomic E-state index is 11.6. The van der Waals surface area contributed by atoms with Crippen molar-refractivity contribution in [3.8, 4) is 0 Å². The van der Waals surface area contributed by atoms with Gasteiger partial charge in [0.05, 0.1) is 6.10 Å². The van der Waals surface area contributed by atoms with Crippen LogP contribution in [0.2, 0.25) is 0 Å². The number of carbonyl (C=O) groups is 2. The smallest absolute Gasteiger partial charge is 0.409 e. The van der Waals surface area contributed by atoms with Gasteiger partial charge < -0.3 is 24.4 Å². The van der Waals surface area contributed by atoms with Gasteiger partial charge in [-0.2, -0.15) is 0 Å². The van der Waals surface area contributed by atoms with Crippen molar-refractivity contribution in [2.45, 2.75) is 38.1 Å². The predicted octanol–water partition coefficient (Wildman–Crippen LogP) is 1.22. The zero-order valence-electron chi connectivity index (χ0n) is 13.2. The lowest BCUT2D eigenvalue weighted by Gasteiger charge is -2.30. The highest BCUT2D eigenvalue weighted by atomic mass is 16.6. The first-order valence-electron chi connectivity index (χ1n) is 6.85. The van der Waals surface area contributed by atoms with Crippen LogP contribution in [0.3, 0.4) is 0 Å². The lowest BCUT2D eigenvalue weighted by Crippen LogP contribution is -2.36. The molecule has 1 aliphatic carbocycles. The molecule has 1 rings (SSSR count). The number of aliphatic hydroxyl groups excluding tert-OH is 1. The summed E-state index contributed by atoms with van der Waals surface area (Å²) in [6, 6.07) is 0. The Bertz CT molecular complexity index is 418. The molecule has 0 aromatic carbocycles. The van der Waals surface area contributed by atoms with Gasteiger partial charge in [0.15, 0.2) is 0 Å². The molecule has 3 unspecified atom stereocenters. The lowest BCUT2D eigenvalue weighted by molar-refractivity contribution is 0.0263. The molecule has 0 radical (unpaired) electrons. The Kier molecular flexibility index (Phi) is 6.02. The molecule has 0 bridgehead atoms. The van der Waals surface area contributed by atoms with E-state index in [-0.39, 0.29) is 0 Å². The Morgan fingerprint density at radius 2 is 1.71 bits per heavy atom. The third-order valence-corrected chi connectivity index (χ3v) is 3.15. The molecule has 1 N–H and O–H groups in total. The second-order valence-electron chi connectivity index (χ2n) is 5.57. The minimum atomic E-state index is -0.675. The van der Waals surface area contributed by atoms with Crippen LogP contribution in [0.25, 0.3) is 0 Å². The molecular formula is C14H24N2O5. The summed E-state index contributed by atoms with van der Waals surface area (Å²) in [5.41, 5.74) is 0.703. The van der Waals surface area contributed by atoms with Crippen LogP contribution in [0.1, 0.15) is 19.8 Å². The van der Waals surface area contributed by atoms with E-state index in [1.54, 1.807) is 41.2 Å². The van der Waals surface area contributed by atoms with Crippen molar-refractivity contribution in [1.82, 2.24) is 9.80 Å². The molecule has 120 valence electrons. The molecule has 0 aliphatic heterocycles. The molecule has 0 heterocycles. The molecule has 2 amide bonds. The van der Waals surface area contributed by atoms with Gasteiger partial charge in [0, 0.05) is 41.0 Å². The van der Waals surface area contributed by atoms with Crippen molar-refractivity contribution in [2.24, 2.45) is 0 Å². The molecule has 7 heteroatoms. The highest BCUT2D eigenvalue weighted by Crippen LogP contribution is 2.26. The number of nitrogens with zero attached hydrogens (tertiary/aromatic N) is 2. The van der Waals surface area contributed by atoms with Gasteiger partial charge >= 0.3 is 12.2 Å². The van der Waals surface area contributed by atoms with Crippen molar-refractivity contribution < 1.29 is 24.2 Å². The predicted molar refractivity (Wildman–Crippen MR) is 76.9 cm³/mol. The molecule has 0 fully saturated rings. The van der Waals surface area contributed by atoms with E-state index in [4.69, 9.17) is 9.47 Å². The number of carbonyl (C=O) groups excluding carboxylic acids is 2. The van der Waals surface area contributed by atoms with Gasteiger partial charge in [-0.1, -0.05) is 0 Å². The molecule has 0 aromatic heterocycles. The standard InChI is InChI=1S/C14H24N2O5/c1-9(17)10-6-11(20-13(18)15(2)3)8-12(7-10)21-14(19)16(4)5/h6,9,11-12,17H,7-8H2,1-5H3. The zero-order valence-corrected chi connectivity index (χ0v) is 13.2. The van der Waals surface area contributed by atoms with Crippen LogP contribution < -0.4 is 0 Å². The van der Waals surface area contributed by atoms with Crippen molar-refractivity contribution >= 4 is 12.2 Å². The largest absolute Gasteiger partial charge is 0.446 e. The van der Waals surface area contributed by atoms with Gasteiger partial charge in [-0.3, -0.25) is 0 Å². The summed E-state index contributed by atoms with van der Waals surface area (Å²) in [4.78, 5) is 25.9. The molecule has 1 aliphatic rings. The Morgan fingerprint density at radius 1 is 1.19 bits per heavy atom. The molecule has 7 nitrogen and oxygen atoms in total. The summed E-state index contributed by atoms with van der Waals surface area (Å²) in [6.45, 7) is 1.63. The first kappa shape index (κ1) is 17.3. The third kappa shape index (κ3) is 5.26. The Labute approximate surface area is 125 Å². The summed E-state index contributed by atoms with van der Waals surface area (Å²) in [6.07, 6.45) is 0.0127. The molecule has 0 spiro atoms. The minimum absolute atomic E-state index is 0.384. The van der Waals surface area contributed by atoms with Gasteiger partial charge in [-0.15, -0.1) is 0 Å². The van der Waals surface area contributed by atoms with Crippen LogP contribution in [-0.4, -0.2) is 73.6 Å². The monoisotopic (exact) mass is 300 g/mol. The summed E-state index contributed by atoms with van der Waals surface area (Å²) < 4.78 is 10.6. The second kappa shape index (κ2) is 7.31. The molecule has 0 saturated heterocycles. The van der Waals surface area contributed by atoms with E-state index in [9.17, 15) is 14.7 Å². The van der Waals surface area contributed by atoms with E-state index < -0.39 is 30.5 Å². The fourth-order valence-corrected chi connectivity index (χ4v) is 1.94. The topological polar surface area (TPSA) is 79.3 Å². The van der Waals surface area contributed by atoms with Gasteiger partial charge in [0.25, 0.3) is 0 Å². The zero-order chi connectivity index (χ0) is 16.2. The Hall–Kier alpha value is -1.76. The first-order valence-corrected chi connectivity index (χ1v) is 6.85. The van der Waals surface area contributed by atoms with Crippen LogP contribution in [0.5, 0.6) is 0 Å². The van der Waals surface area contributed by atoms with Crippen molar-refractivity contribution in [3.63, 3.8) is 0 Å². The Balaban J connectivity index is 2.77. The van der Waals surface area contributed by atoms with E-state index in [0.29, 0.717) is 18.4 Å². The highest BCUT2D eigenvalue weighted by molar-refractivity contribution is 5.68. The molecular weight excluding hydrogens is 276 g/mol. The van der Waals surface area contributed by atoms with Crippen molar-refractivity contribution in [1.29, 1.82) is 0 Å². The molecule has 0 saturated carbocycles. The lowest BCUT2D eigenvalue weighted by atomic mass is 9.92. The summed E-state index contributed by atoms with van der Waals surface area (Å²) >= 11 is 0. The maximum Gasteiger partial charge on any atom is 0.409 e.